The molecular weight excluding hydrogens is 388 g/mol. The van der Waals surface area contributed by atoms with Crippen LogP contribution in [0.2, 0.25) is 5.02 Å². The van der Waals surface area contributed by atoms with Gasteiger partial charge in [-0.3, -0.25) is 14.2 Å². The molecule has 0 spiro atoms. The number of ketones is 1. The van der Waals surface area contributed by atoms with Crippen molar-refractivity contribution < 1.29 is 9.90 Å². The Morgan fingerprint density at radius 1 is 1.24 bits per heavy atom. The quantitative estimate of drug-likeness (QED) is 0.550. The van der Waals surface area contributed by atoms with E-state index in [9.17, 15) is 14.7 Å². The fourth-order valence-electron chi connectivity index (χ4n) is 3.54. The first-order valence-corrected chi connectivity index (χ1v) is 10.8. The number of aliphatic hydroxyl groups is 1. The molecule has 6 heteroatoms. The average Bonchev–Trinajstić information content (AvgIpc) is 3.50. The molecule has 2 aromatic rings. The molecule has 1 fully saturated rings. The number of aromatic nitrogens is 2. The molecule has 1 aromatic heterocycles. The van der Waals surface area contributed by atoms with E-state index in [1.54, 1.807) is 12.1 Å². The number of carbonyl (C=O) groups is 1. The van der Waals surface area contributed by atoms with E-state index in [0.717, 1.165) is 37.7 Å². The molecule has 0 aliphatic heterocycles. The lowest BCUT2D eigenvalue weighted by atomic mass is 9.99. The normalized spacial score (nSPS) is 14.7. The molecule has 5 nitrogen and oxygen atoms in total. The summed E-state index contributed by atoms with van der Waals surface area (Å²) in [4.78, 5) is 30.1. The highest BCUT2D eigenvalue weighted by Gasteiger charge is 2.41. The number of halogens is 1. The van der Waals surface area contributed by atoms with Gasteiger partial charge in [0.25, 0.3) is 5.56 Å². The lowest BCUT2D eigenvalue weighted by molar-refractivity contribution is -0.120. The number of unbranched alkanes of at least 4 members (excludes halogenated alkanes) is 2. The number of Topliss-reactive ketones (excluding diaryl/α,β-unsaturated/α-hetero) is 1. The van der Waals surface area contributed by atoms with E-state index in [-0.39, 0.29) is 29.9 Å². The van der Waals surface area contributed by atoms with Crippen molar-refractivity contribution >= 4 is 17.4 Å². The Morgan fingerprint density at radius 3 is 2.59 bits per heavy atom. The maximum absolute atomic E-state index is 12.8. The van der Waals surface area contributed by atoms with E-state index in [1.165, 1.54) is 10.6 Å². The topological polar surface area (TPSA) is 72.2 Å². The maximum Gasteiger partial charge on any atom is 0.254 e. The van der Waals surface area contributed by atoms with Gasteiger partial charge in [0.15, 0.2) is 5.78 Å². The van der Waals surface area contributed by atoms with E-state index >= 15 is 0 Å². The van der Waals surface area contributed by atoms with Gasteiger partial charge in [0.2, 0.25) is 0 Å². The first-order chi connectivity index (χ1) is 14.0. The SMILES string of the molecule is CCCCCc1nc(-c2ccc(Cl)cc2)cc(=O)n1CC(=O)CCC1(CO)CC1. The first kappa shape index (κ1) is 21.7. The summed E-state index contributed by atoms with van der Waals surface area (Å²) in [6.07, 6.45) is 6.76. The lowest BCUT2D eigenvalue weighted by Crippen LogP contribution is -2.28. The number of rotatable bonds is 11. The van der Waals surface area contributed by atoms with E-state index in [4.69, 9.17) is 16.6 Å². The van der Waals surface area contributed by atoms with Crippen LogP contribution in [0.1, 0.15) is 57.7 Å². The van der Waals surface area contributed by atoms with E-state index < -0.39 is 0 Å². The summed E-state index contributed by atoms with van der Waals surface area (Å²) in [7, 11) is 0. The predicted molar refractivity (Wildman–Crippen MR) is 115 cm³/mol. The maximum atomic E-state index is 12.8. The third-order valence-corrected chi connectivity index (χ3v) is 6.04. The van der Waals surface area contributed by atoms with Crippen LogP contribution in [-0.4, -0.2) is 27.0 Å². The fourth-order valence-corrected chi connectivity index (χ4v) is 3.67. The monoisotopic (exact) mass is 416 g/mol. The zero-order valence-corrected chi connectivity index (χ0v) is 17.7. The van der Waals surface area contributed by atoms with Crippen LogP contribution in [0.15, 0.2) is 35.1 Å². The highest BCUT2D eigenvalue weighted by Crippen LogP contribution is 2.49. The Morgan fingerprint density at radius 2 is 1.97 bits per heavy atom. The van der Waals surface area contributed by atoms with Gasteiger partial charge in [0.1, 0.15) is 5.82 Å². The molecule has 0 radical (unpaired) electrons. The molecule has 0 bridgehead atoms. The van der Waals surface area contributed by atoms with Crippen LogP contribution in [-0.2, 0) is 17.8 Å². The molecule has 3 rings (SSSR count). The molecule has 1 aromatic carbocycles. The lowest BCUT2D eigenvalue weighted by Gasteiger charge is -2.15. The molecule has 29 heavy (non-hydrogen) atoms. The summed E-state index contributed by atoms with van der Waals surface area (Å²) in [6, 6.07) is 8.74. The van der Waals surface area contributed by atoms with Crippen molar-refractivity contribution in [3.63, 3.8) is 0 Å². The van der Waals surface area contributed by atoms with Crippen LogP contribution in [0.3, 0.4) is 0 Å². The summed E-state index contributed by atoms with van der Waals surface area (Å²) >= 11 is 5.97. The van der Waals surface area contributed by atoms with Crippen molar-refractivity contribution in [1.82, 2.24) is 9.55 Å². The molecule has 156 valence electrons. The first-order valence-electron chi connectivity index (χ1n) is 10.5. The van der Waals surface area contributed by atoms with Crippen molar-refractivity contribution in [2.45, 2.75) is 64.8 Å². The number of nitrogens with zero attached hydrogens (tertiary/aromatic N) is 2. The van der Waals surface area contributed by atoms with Gasteiger partial charge in [-0.1, -0.05) is 43.5 Å². The molecule has 1 aliphatic carbocycles. The second-order valence-corrected chi connectivity index (χ2v) is 8.58. The highest BCUT2D eigenvalue weighted by molar-refractivity contribution is 6.30. The fraction of sp³-hybridized carbons (Fsp3) is 0.522. The molecule has 1 saturated carbocycles. The van der Waals surface area contributed by atoms with Gasteiger partial charge in [-0.15, -0.1) is 0 Å². The van der Waals surface area contributed by atoms with Crippen molar-refractivity contribution in [1.29, 1.82) is 0 Å². The number of hydrogen-bond donors (Lipinski definition) is 1. The molecular formula is C23H29ClN2O3. The minimum absolute atomic E-state index is 0.0182. The van der Waals surface area contributed by atoms with Gasteiger partial charge in [-0.25, -0.2) is 4.98 Å². The number of hydrogen-bond acceptors (Lipinski definition) is 4. The van der Waals surface area contributed by atoms with E-state index in [1.807, 2.05) is 12.1 Å². The van der Waals surface area contributed by atoms with E-state index in [0.29, 0.717) is 35.8 Å². The Bertz CT molecular complexity index is 901. The largest absolute Gasteiger partial charge is 0.396 e. The van der Waals surface area contributed by atoms with Crippen LogP contribution in [0.25, 0.3) is 11.3 Å². The van der Waals surface area contributed by atoms with Gasteiger partial charge in [0, 0.05) is 36.1 Å². The van der Waals surface area contributed by atoms with E-state index in [2.05, 4.69) is 6.92 Å². The zero-order valence-electron chi connectivity index (χ0n) is 17.0. The van der Waals surface area contributed by atoms with Crippen molar-refractivity contribution in [2.24, 2.45) is 5.41 Å². The summed E-state index contributed by atoms with van der Waals surface area (Å²) in [6.45, 7) is 2.32. The molecule has 0 amide bonds. The summed E-state index contributed by atoms with van der Waals surface area (Å²) in [5, 5.41) is 10.1. The highest BCUT2D eigenvalue weighted by atomic mass is 35.5. The van der Waals surface area contributed by atoms with Crippen LogP contribution in [0, 0.1) is 5.41 Å². The summed E-state index contributed by atoms with van der Waals surface area (Å²) in [5.41, 5.74) is 1.19. The molecule has 0 saturated heterocycles. The Hall–Kier alpha value is -1.98. The van der Waals surface area contributed by atoms with Crippen molar-refractivity contribution in [3.05, 3.63) is 51.5 Å². The predicted octanol–water partition coefficient (Wildman–Crippen LogP) is 4.42. The minimum atomic E-state index is -0.201. The third kappa shape index (κ3) is 5.77. The molecule has 1 heterocycles. The van der Waals surface area contributed by atoms with Crippen LogP contribution in [0.5, 0.6) is 0 Å². The summed E-state index contributed by atoms with van der Waals surface area (Å²) in [5.74, 6) is 0.678. The Kier molecular flexibility index (Phi) is 7.25. The number of benzene rings is 1. The molecule has 0 atom stereocenters. The zero-order chi connectivity index (χ0) is 20.9. The van der Waals surface area contributed by atoms with Gasteiger partial charge >= 0.3 is 0 Å². The molecule has 1 aliphatic rings. The van der Waals surface area contributed by atoms with Crippen LogP contribution in [0.4, 0.5) is 0 Å². The second kappa shape index (κ2) is 9.68. The average molecular weight is 417 g/mol. The Balaban J connectivity index is 1.81. The number of carbonyl (C=O) groups excluding carboxylic acids is 1. The van der Waals surface area contributed by atoms with Crippen molar-refractivity contribution in [2.75, 3.05) is 6.61 Å². The van der Waals surface area contributed by atoms with Gasteiger partial charge < -0.3 is 5.11 Å². The van der Waals surface area contributed by atoms with Gasteiger partial charge in [0.05, 0.1) is 12.2 Å². The minimum Gasteiger partial charge on any atom is -0.396 e. The number of aryl methyl sites for hydroxylation is 1. The van der Waals surface area contributed by atoms with Gasteiger partial charge in [-0.05, 0) is 43.2 Å². The Labute approximate surface area is 176 Å². The third-order valence-electron chi connectivity index (χ3n) is 5.79. The summed E-state index contributed by atoms with van der Waals surface area (Å²) < 4.78 is 1.52. The smallest absolute Gasteiger partial charge is 0.254 e. The molecule has 0 unspecified atom stereocenters. The van der Waals surface area contributed by atoms with Gasteiger partial charge in [-0.2, -0.15) is 0 Å². The van der Waals surface area contributed by atoms with Crippen LogP contribution < -0.4 is 5.56 Å². The van der Waals surface area contributed by atoms with Crippen molar-refractivity contribution in [3.8, 4) is 11.3 Å². The number of aliphatic hydroxyl groups excluding tert-OH is 1. The van der Waals surface area contributed by atoms with Crippen LogP contribution >= 0.6 is 11.6 Å². The molecule has 1 N–H and O–H groups in total. The standard InChI is InChI=1S/C23H29ClN2O3/c1-2-3-4-5-21-25-20(17-6-8-18(24)9-7-17)14-22(29)26(21)15-19(28)10-11-23(16-27)12-13-23/h6-9,14,27H,2-5,10-13,15-16H2,1H3. The second-order valence-electron chi connectivity index (χ2n) is 8.14.